The van der Waals surface area contributed by atoms with Crippen LogP contribution < -0.4 is 10.6 Å². The van der Waals surface area contributed by atoms with Crippen molar-refractivity contribution < 1.29 is 9.59 Å². The molecule has 194 valence electrons. The molecule has 0 unspecified atom stereocenters. The van der Waals surface area contributed by atoms with Crippen molar-refractivity contribution in [3.8, 4) is 0 Å². The maximum Gasteiger partial charge on any atom is 0.246 e. The lowest BCUT2D eigenvalue weighted by Crippen LogP contribution is -2.24. The summed E-state index contributed by atoms with van der Waals surface area (Å²) in [5.74, 6) is 0.00655. The van der Waals surface area contributed by atoms with Crippen molar-refractivity contribution in [2.75, 3.05) is 13.1 Å². The van der Waals surface area contributed by atoms with Crippen LogP contribution in [0.3, 0.4) is 0 Å². The fourth-order valence-corrected chi connectivity index (χ4v) is 3.48. The van der Waals surface area contributed by atoms with E-state index in [1.165, 1.54) is 89.9 Å². The molecule has 0 saturated carbocycles. The highest BCUT2D eigenvalue weighted by Gasteiger charge is 2.04. The van der Waals surface area contributed by atoms with E-state index in [2.05, 4.69) is 37.6 Å². The van der Waals surface area contributed by atoms with Crippen molar-refractivity contribution >= 4 is 11.8 Å². The van der Waals surface area contributed by atoms with Gasteiger partial charge in [-0.3, -0.25) is 9.59 Å². The first kappa shape index (κ1) is 33.6. The molecule has 0 aliphatic rings. The van der Waals surface area contributed by atoms with Gasteiger partial charge in [-0.25, -0.2) is 0 Å². The highest BCUT2D eigenvalue weighted by molar-refractivity contribution is 5.92. The quantitative estimate of drug-likeness (QED) is 0.133. The Balaban J connectivity index is 0. The van der Waals surface area contributed by atoms with Gasteiger partial charge < -0.3 is 10.6 Å². The molecular weight excluding hydrogens is 408 g/mol. The minimum absolute atomic E-state index is 0.00641. The molecule has 0 bridgehead atoms. The minimum atomic E-state index is -0.00641. The van der Waals surface area contributed by atoms with Crippen LogP contribution in [0.4, 0.5) is 0 Å². The molecule has 0 aromatic carbocycles. The number of amides is 2. The van der Waals surface area contributed by atoms with E-state index >= 15 is 0 Å². The van der Waals surface area contributed by atoms with Crippen LogP contribution in [-0.4, -0.2) is 24.9 Å². The van der Waals surface area contributed by atoms with Crippen LogP contribution >= 0.6 is 0 Å². The Labute approximate surface area is 206 Å². The van der Waals surface area contributed by atoms with Gasteiger partial charge in [-0.2, -0.15) is 0 Å². The molecule has 4 nitrogen and oxygen atoms in total. The van der Waals surface area contributed by atoms with Crippen LogP contribution in [0.15, 0.2) is 24.3 Å². The Kier molecular flexibility index (Phi) is 27.1. The average molecular weight is 465 g/mol. The monoisotopic (exact) mass is 464 g/mol. The van der Waals surface area contributed by atoms with Gasteiger partial charge in [0.25, 0.3) is 0 Å². The summed E-state index contributed by atoms with van der Waals surface area (Å²) in [6.45, 7) is 17.0. The van der Waals surface area contributed by atoms with Crippen molar-refractivity contribution in [1.29, 1.82) is 0 Å². The summed E-state index contributed by atoms with van der Waals surface area (Å²) in [6.07, 6.45) is 21.8. The predicted octanol–water partition coefficient (Wildman–Crippen LogP) is 8.03. The maximum absolute atomic E-state index is 11.2. The molecule has 33 heavy (non-hydrogen) atoms. The lowest BCUT2D eigenvalue weighted by atomic mass is 10.1. The second kappa shape index (κ2) is 26.7. The van der Waals surface area contributed by atoms with Crippen LogP contribution in [0.1, 0.15) is 137 Å². The molecule has 0 fully saturated rings. The van der Waals surface area contributed by atoms with Crippen LogP contribution in [0.5, 0.6) is 0 Å². The zero-order chi connectivity index (χ0) is 25.2. The molecular formula is C29H56N2O2. The third-order valence-electron chi connectivity index (χ3n) is 5.69. The van der Waals surface area contributed by atoms with Crippen molar-refractivity contribution in [1.82, 2.24) is 10.6 Å². The first-order valence-corrected chi connectivity index (χ1v) is 13.8. The number of likely N-dealkylation sites (N-methyl/N-ethyl adjacent to an activating group) is 1. The van der Waals surface area contributed by atoms with Gasteiger partial charge in [0.2, 0.25) is 11.8 Å². The Morgan fingerprint density at radius 3 is 1.42 bits per heavy atom. The smallest absolute Gasteiger partial charge is 0.246 e. The van der Waals surface area contributed by atoms with Crippen molar-refractivity contribution in [2.45, 2.75) is 137 Å². The Bertz CT molecular complexity index is 500. The third kappa shape index (κ3) is 26.6. The highest BCUT2D eigenvalue weighted by atomic mass is 16.2. The van der Waals surface area contributed by atoms with Gasteiger partial charge in [0, 0.05) is 24.2 Å². The maximum atomic E-state index is 11.2. The molecule has 0 rings (SSSR count). The van der Waals surface area contributed by atoms with E-state index in [-0.39, 0.29) is 11.8 Å². The van der Waals surface area contributed by atoms with E-state index in [0.29, 0.717) is 12.1 Å². The van der Waals surface area contributed by atoms with E-state index in [1.54, 1.807) is 6.92 Å². The normalized spacial score (nSPS) is 10.2. The first-order chi connectivity index (χ1) is 15.9. The number of carbonyl (C=O) groups is 2. The molecule has 0 spiro atoms. The molecule has 0 aliphatic heterocycles. The molecule has 2 N–H and O–H groups in total. The Morgan fingerprint density at radius 1 is 0.576 bits per heavy atom. The summed E-state index contributed by atoms with van der Waals surface area (Å²) in [6, 6.07) is 0. The summed E-state index contributed by atoms with van der Waals surface area (Å²) in [7, 11) is 0. The fraction of sp³-hybridized carbons (Fsp3) is 0.793. The van der Waals surface area contributed by atoms with E-state index in [1.807, 2.05) is 6.92 Å². The summed E-state index contributed by atoms with van der Waals surface area (Å²) in [5, 5.41) is 5.63. The van der Waals surface area contributed by atoms with Gasteiger partial charge in [-0.15, -0.1) is 0 Å². The van der Waals surface area contributed by atoms with E-state index < -0.39 is 0 Å². The zero-order valence-corrected chi connectivity index (χ0v) is 22.7. The number of hydrogen-bond acceptors (Lipinski definition) is 2. The average Bonchev–Trinajstić information content (AvgIpc) is 2.80. The largest absolute Gasteiger partial charge is 0.353 e. The predicted molar refractivity (Wildman–Crippen MR) is 145 cm³/mol. The second-order valence-electron chi connectivity index (χ2n) is 9.20. The van der Waals surface area contributed by atoms with Crippen molar-refractivity contribution in [3.63, 3.8) is 0 Å². The molecule has 0 atom stereocenters. The molecule has 4 heteroatoms. The Morgan fingerprint density at radius 2 is 1.00 bits per heavy atom. The van der Waals surface area contributed by atoms with Gasteiger partial charge in [-0.05, 0) is 33.1 Å². The van der Waals surface area contributed by atoms with Gasteiger partial charge in [0.1, 0.15) is 0 Å². The number of rotatable bonds is 21. The Hall–Kier alpha value is -1.58. The van der Waals surface area contributed by atoms with E-state index in [9.17, 15) is 9.59 Å². The van der Waals surface area contributed by atoms with Gasteiger partial charge in [-0.1, -0.05) is 117 Å². The number of carbonyl (C=O) groups excluding carboxylic acids is 2. The lowest BCUT2D eigenvalue weighted by molar-refractivity contribution is -0.118. The minimum Gasteiger partial charge on any atom is -0.353 e. The van der Waals surface area contributed by atoms with Crippen LogP contribution in [0.25, 0.3) is 0 Å². The number of nitrogens with one attached hydrogen (secondary N) is 2. The highest BCUT2D eigenvalue weighted by Crippen LogP contribution is 2.12. The summed E-state index contributed by atoms with van der Waals surface area (Å²) >= 11 is 0. The molecule has 2 amide bonds. The summed E-state index contributed by atoms with van der Waals surface area (Å²) in [5.41, 5.74) is 1.32. The molecule has 0 radical (unpaired) electrons. The molecule has 0 aromatic heterocycles. The first-order valence-electron chi connectivity index (χ1n) is 13.8. The van der Waals surface area contributed by atoms with Crippen LogP contribution in [-0.2, 0) is 9.59 Å². The standard InChI is InChI=1S/C18H35NO.C11H21NO/c1-4-5-6-7-8-9-10-11-12-13-14-15-16-19-18(20)17(2)3;1-4-6-7-8-9-10(3)11(13)12-5-2/h2,4-16H2,1,3H3,(H,19,20);3-9H2,1-2H3,(H,12,13). The topological polar surface area (TPSA) is 58.2 Å². The van der Waals surface area contributed by atoms with Gasteiger partial charge >= 0.3 is 0 Å². The molecule has 0 aromatic rings. The number of hydrogen-bond donors (Lipinski definition) is 2. The SMILES string of the molecule is C=C(C)C(=O)NCCCCCCCCCCCCCC.C=C(CCCCCC)C(=O)NCC. The van der Waals surface area contributed by atoms with Gasteiger partial charge in [0.05, 0.1) is 0 Å². The van der Waals surface area contributed by atoms with Gasteiger partial charge in [0.15, 0.2) is 0 Å². The van der Waals surface area contributed by atoms with Crippen molar-refractivity contribution in [2.24, 2.45) is 0 Å². The van der Waals surface area contributed by atoms with E-state index in [4.69, 9.17) is 0 Å². The summed E-state index contributed by atoms with van der Waals surface area (Å²) < 4.78 is 0. The van der Waals surface area contributed by atoms with Crippen LogP contribution in [0.2, 0.25) is 0 Å². The van der Waals surface area contributed by atoms with E-state index in [0.717, 1.165) is 31.4 Å². The number of unbranched alkanes of at least 4 members (excludes halogenated alkanes) is 14. The fourth-order valence-electron chi connectivity index (χ4n) is 3.48. The lowest BCUT2D eigenvalue weighted by Gasteiger charge is -2.05. The third-order valence-corrected chi connectivity index (χ3v) is 5.69. The van der Waals surface area contributed by atoms with Crippen LogP contribution in [0, 0.1) is 0 Å². The molecule has 0 saturated heterocycles. The molecule has 0 aliphatic carbocycles. The zero-order valence-electron chi connectivity index (χ0n) is 22.7. The second-order valence-corrected chi connectivity index (χ2v) is 9.20. The molecule has 0 heterocycles. The summed E-state index contributed by atoms with van der Waals surface area (Å²) in [4.78, 5) is 22.4. The van der Waals surface area contributed by atoms with Crippen molar-refractivity contribution in [3.05, 3.63) is 24.3 Å².